The molecule has 0 aliphatic carbocycles. The Balaban J connectivity index is 2.42. The lowest BCUT2D eigenvalue weighted by Crippen LogP contribution is -2.12. The first-order chi connectivity index (χ1) is 7.16. The van der Waals surface area contributed by atoms with Crippen LogP contribution in [-0.4, -0.2) is 20.7 Å². The Kier molecular flexibility index (Phi) is 2.05. The maximum Gasteiger partial charge on any atom is 0.265 e. The van der Waals surface area contributed by atoms with Crippen molar-refractivity contribution in [2.24, 2.45) is 0 Å². The second-order valence-corrected chi connectivity index (χ2v) is 2.68. The number of nitrogens with two attached hydrogens (primary N) is 2. The van der Waals surface area contributed by atoms with Crippen LogP contribution in [0.25, 0.3) is 0 Å². The molecule has 7 nitrogen and oxygen atoms in total. The fraction of sp³-hybridized carbons (Fsp3) is 0. The number of carbonyl (C=O) groups excluding carboxylic acids is 1. The summed E-state index contributed by atoms with van der Waals surface area (Å²) in [6.07, 6.45) is 1.38. The molecule has 0 fully saturated rings. The molecule has 0 bridgehead atoms. The predicted molar refractivity (Wildman–Crippen MR) is 50.8 cm³/mol. The zero-order valence-corrected chi connectivity index (χ0v) is 7.54. The summed E-state index contributed by atoms with van der Waals surface area (Å²) >= 11 is 0. The first kappa shape index (κ1) is 9.13. The minimum absolute atomic E-state index is 0.0996. The molecule has 4 N–H and O–H groups in total. The molecule has 0 amide bonds. The molecular formula is C8H7N5O2. The van der Waals surface area contributed by atoms with Gasteiger partial charge in [-0.25, -0.2) is 0 Å². The van der Waals surface area contributed by atoms with E-state index in [1.165, 1.54) is 12.3 Å². The first-order valence-corrected chi connectivity index (χ1v) is 4.02. The first-order valence-electron chi connectivity index (χ1n) is 4.02. The molecule has 0 unspecified atom stereocenters. The van der Waals surface area contributed by atoms with Gasteiger partial charge in [0.05, 0.1) is 6.26 Å². The van der Waals surface area contributed by atoms with Crippen molar-refractivity contribution >= 4 is 17.7 Å². The average Bonchev–Trinajstić information content (AvgIpc) is 2.67. The fourth-order valence-corrected chi connectivity index (χ4v) is 1.03. The highest BCUT2D eigenvalue weighted by Crippen LogP contribution is 2.08. The van der Waals surface area contributed by atoms with Crippen LogP contribution >= 0.6 is 0 Å². The highest BCUT2D eigenvalue weighted by atomic mass is 16.3. The van der Waals surface area contributed by atoms with Crippen LogP contribution in [-0.2, 0) is 0 Å². The molecule has 0 aliphatic rings. The Morgan fingerprint density at radius 2 is 1.87 bits per heavy atom. The summed E-state index contributed by atoms with van der Waals surface area (Å²) < 4.78 is 4.90. The molecule has 0 aliphatic heterocycles. The van der Waals surface area contributed by atoms with Gasteiger partial charge in [-0.3, -0.25) is 4.79 Å². The Morgan fingerprint density at radius 1 is 1.20 bits per heavy atom. The number of rotatable bonds is 2. The number of furan rings is 1. The number of nitrogen functional groups attached to an aromatic ring is 2. The van der Waals surface area contributed by atoms with Gasteiger partial charge in [-0.15, -0.1) is 0 Å². The van der Waals surface area contributed by atoms with Crippen LogP contribution < -0.4 is 11.5 Å². The van der Waals surface area contributed by atoms with Crippen LogP contribution in [0.4, 0.5) is 11.9 Å². The predicted octanol–water partition coefficient (Wildman–Crippen LogP) is -0.140. The van der Waals surface area contributed by atoms with Crippen LogP contribution in [0.1, 0.15) is 16.4 Å². The maximum atomic E-state index is 11.7. The number of hydrogen-bond acceptors (Lipinski definition) is 7. The molecule has 0 spiro atoms. The van der Waals surface area contributed by atoms with E-state index < -0.39 is 5.78 Å². The minimum Gasteiger partial charge on any atom is -0.461 e. The Hall–Kier alpha value is -2.44. The average molecular weight is 205 g/mol. The highest BCUT2D eigenvalue weighted by molar-refractivity contribution is 6.04. The second-order valence-electron chi connectivity index (χ2n) is 2.68. The summed E-state index contributed by atoms with van der Waals surface area (Å²) in [5.74, 6) is -0.689. The molecular weight excluding hydrogens is 198 g/mol. The van der Waals surface area contributed by atoms with Gasteiger partial charge in [0.15, 0.2) is 5.76 Å². The van der Waals surface area contributed by atoms with Crippen LogP contribution in [0.3, 0.4) is 0 Å². The molecule has 15 heavy (non-hydrogen) atoms. The van der Waals surface area contributed by atoms with Crippen molar-refractivity contribution < 1.29 is 9.21 Å². The van der Waals surface area contributed by atoms with Gasteiger partial charge in [0.2, 0.25) is 17.7 Å². The van der Waals surface area contributed by atoms with Crippen LogP contribution in [0.2, 0.25) is 0 Å². The Labute approximate surface area is 84.1 Å². The van der Waals surface area contributed by atoms with E-state index in [4.69, 9.17) is 15.9 Å². The van der Waals surface area contributed by atoms with Gasteiger partial charge in [0, 0.05) is 0 Å². The van der Waals surface area contributed by atoms with Crippen molar-refractivity contribution in [2.45, 2.75) is 0 Å². The van der Waals surface area contributed by atoms with E-state index >= 15 is 0 Å². The van der Waals surface area contributed by atoms with Gasteiger partial charge in [0.1, 0.15) is 0 Å². The van der Waals surface area contributed by atoms with Crippen molar-refractivity contribution in [3.63, 3.8) is 0 Å². The molecule has 0 aromatic carbocycles. The van der Waals surface area contributed by atoms with E-state index in [1.807, 2.05) is 0 Å². The number of hydrogen-bond donors (Lipinski definition) is 2. The normalized spacial score (nSPS) is 10.1. The lowest BCUT2D eigenvalue weighted by molar-refractivity contribution is 0.0999. The smallest absolute Gasteiger partial charge is 0.265 e. The van der Waals surface area contributed by atoms with E-state index in [1.54, 1.807) is 6.07 Å². The number of aromatic nitrogens is 3. The molecule has 0 saturated heterocycles. The molecule has 2 aromatic rings. The van der Waals surface area contributed by atoms with Gasteiger partial charge in [-0.2, -0.15) is 15.0 Å². The number of carbonyl (C=O) groups is 1. The van der Waals surface area contributed by atoms with Gasteiger partial charge >= 0.3 is 0 Å². The van der Waals surface area contributed by atoms with Crippen LogP contribution in [0.5, 0.6) is 0 Å². The third-order valence-electron chi connectivity index (χ3n) is 1.62. The van der Waals surface area contributed by atoms with Crippen molar-refractivity contribution in [2.75, 3.05) is 11.5 Å². The molecule has 7 heteroatoms. The summed E-state index contributed by atoms with van der Waals surface area (Å²) in [6.45, 7) is 0. The quantitative estimate of drug-likeness (QED) is 0.654. The van der Waals surface area contributed by atoms with E-state index in [0.717, 1.165) is 0 Å². The van der Waals surface area contributed by atoms with Crippen LogP contribution in [0.15, 0.2) is 22.8 Å². The SMILES string of the molecule is Nc1nc(N)nc(C(=O)c2ccco2)n1. The van der Waals surface area contributed by atoms with E-state index in [2.05, 4.69) is 15.0 Å². The molecule has 0 radical (unpaired) electrons. The lowest BCUT2D eigenvalue weighted by atomic mass is 10.3. The number of anilines is 2. The second kappa shape index (κ2) is 3.37. The topological polar surface area (TPSA) is 121 Å². The monoisotopic (exact) mass is 205 g/mol. The zero-order chi connectivity index (χ0) is 10.8. The number of ketones is 1. The summed E-state index contributed by atoms with van der Waals surface area (Å²) in [5.41, 5.74) is 10.7. The third kappa shape index (κ3) is 1.75. The fourth-order valence-electron chi connectivity index (χ4n) is 1.03. The molecule has 0 atom stereocenters. The van der Waals surface area contributed by atoms with Crippen molar-refractivity contribution in [1.82, 2.24) is 15.0 Å². The minimum atomic E-state index is -0.485. The zero-order valence-electron chi connectivity index (χ0n) is 7.54. The summed E-state index contributed by atoms with van der Waals surface area (Å²) in [7, 11) is 0. The van der Waals surface area contributed by atoms with E-state index in [9.17, 15) is 4.79 Å². The van der Waals surface area contributed by atoms with Gasteiger partial charge < -0.3 is 15.9 Å². The molecule has 2 rings (SSSR count). The third-order valence-corrected chi connectivity index (χ3v) is 1.62. The van der Waals surface area contributed by atoms with Gasteiger partial charge in [-0.05, 0) is 12.1 Å². The molecule has 2 aromatic heterocycles. The van der Waals surface area contributed by atoms with Gasteiger partial charge in [-0.1, -0.05) is 0 Å². The Bertz CT molecular complexity index is 473. The molecule has 76 valence electrons. The molecule has 2 heterocycles. The largest absolute Gasteiger partial charge is 0.461 e. The van der Waals surface area contributed by atoms with E-state index in [-0.39, 0.29) is 23.5 Å². The number of nitrogens with zero attached hydrogens (tertiary/aromatic N) is 3. The van der Waals surface area contributed by atoms with Crippen molar-refractivity contribution in [1.29, 1.82) is 0 Å². The maximum absolute atomic E-state index is 11.7. The van der Waals surface area contributed by atoms with Crippen LogP contribution in [0, 0.1) is 0 Å². The highest BCUT2D eigenvalue weighted by Gasteiger charge is 2.16. The lowest BCUT2D eigenvalue weighted by Gasteiger charge is -1.98. The summed E-state index contributed by atoms with van der Waals surface area (Å²) in [6, 6.07) is 3.08. The van der Waals surface area contributed by atoms with Gasteiger partial charge in [0.25, 0.3) is 5.78 Å². The van der Waals surface area contributed by atoms with Crippen molar-refractivity contribution in [3.05, 3.63) is 30.0 Å². The standard InChI is InChI=1S/C8H7N5O2/c9-7-11-6(12-8(10)13-7)5(14)4-2-1-3-15-4/h1-3H,(H4,9,10,11,12,13). The van der Waals surface area contributed by atoms with E-state index in [0.29, 0.717) is 0 Å². The van der Waals surface area contributed by atoms with Crippen molar-refractivity contribution in [3.8, 4) is 0 Å². The summed E-state index contributed by atoms with van der Waals surface area (Å²) in [5, 5.41) is 0. The molecule has 0 saturated carbocycles. The Morgan fingerprint density at radius 3 is 2.40 bits per heavy atom. The summed E-state index contributed by atoms with van der Waals surface area (Å²) in [4.78, 5) is 22.5.